The minimum Gasteiger partial charge on any atom is -0.463 e. The number of carbonyl (C=O) groups excluding carboxylic acids is 3. The van der Waals surface area contributed by atoms with Gasteiger partial charge in [-0.25, -0.2) is 0 Å². The molecular formula is C16H22N2O5. The first-order valence-corrected chi connectivity index (χ1v) is 7.39. The van der Waals surface area contributed by atoms with Gasteiger partial charge in [0.05, 0.1) is 13.0 Å². The summed E-state index contributed by atoms with van der Waals surface area (Å²) < 4.78 is 9.62. The third-order valence-electron chi connectivity index (χ3n) is 2.88. The van der Waals surface area contributed by atoms with Gasteiger partial charge in [-0.05, 0) is 24.3 Å². The number of nitrogens with one attached hydrogen (secondary N) is 2. The Morgan fingerprint density at radius 2 is 1.48 bits per heavy atom. The Balaban J connectivity index is 2.34. The Labute approximate surface area is 135 Å². The van der Waals surface area contributed by atoms with Crippen LogP contribution in [0, 0.1) is 0 Å². The summed E-state index contributed by atoms with van der Waals surface area (Å²) in [5.74, 6) is -0.789. The second kappa shape index (κ2) is 10.3. The minimum absolute atomic E-state index is 0.0141. The first kappa shape index (κ1) is 18.6. The third kappa shape index (κ3) is 7.96. The molecule has 0 spiro atoms. The summed E-state index contributed by atoms with van der Waals surface area (Å²) >= 11 is 0. The predicted octanol–water partition coefficient (Wildman–Crippen LogP) is 1.94. The van der Waals surface area contributed by atoms with Crippen LogP contribution in [0.25, 0.3) is 0 Å². The highest BCUT2D eigenvalue weighted by Gasteiger charge is 2.08. The van der Waals surface area contributed by atoms with Crippen LogP contribution in [0.5, 0.6) is 0 Å². The highest BCUT2D eigenvalue weighted by Crippen LogP contribution is 2.14. The number of esters is 1. The highest BCUT2D eigenvalue weighted by molar-refractivity contribution is 5.93. The van der Waals surface area contributed by atoms with E-state index in [9.17, 15) is 14.4 Å². The summed E-state index contributed by atoms with van der Waals surface area (Å²) in [6.07, 6.45) is 0.458. The average molecular weight is 322 g/mol. The monoisotopic (exact) mass is 322 g/mol. The maximum absolute atomic E-state index is 11.7. The zero-order chi connectivity index (χ0) is 17.1. The molecule has 0 aromatic heterocycles. The lowest BCUT2D eigenvalue weighted by Crippen LogP contribution is -2.16. The lowest BCUT2D eigenvalue weighted by Gasteiger charge is -2.07. The van der Waals surface area contributed by atoms with Gasteiger partial charge in [0.25, 0.3) is 0 Å². The second-order valence-electron chi connectivity index (χ2n) is 4.74. The molecule has 0 bridgehead atoms. The van der Waals surface area contributed by atoms with E-state index in [4.69, 9.17) is 9.47 Å². The number of rotatable bonds is 9. The van der Waals surface area contributed by atoms with E-state index in [1.165, 1.54) is 7.11 Å². The molecule has 2 N–H and O–H groups in total. The molecule has 0 unspecified atom stereocenters. The predicted molar refractivity (Wildman–Crippen MR) is 86.1 cm³/mol. The number of hydrogen-bond donors (Lipinski definition) is 2. The van der Waals surface area contributed by atoms with Gasteiger partial charge in [0.15, 0.2) is 0 Å². The van der Waals surface area contributed by atoms with Gasteiger partial charge in [-0.15, -0.1) is 0 Å². The zero-order valence-corrected chi connectivity index (χ0v) is 13.4. The summed E-state index contributed by atoms with van der Waals surface area (Å²) in [7, 11) is 1.51. The SMILES string of the molecule is CCC(=O)Nc1ccc(NC(=O)CCC(=O)OCCOC)cc1. The standard InChI is InChI=1S/C16H22N2O5/c1-3-14(19)17-12-4-6-13(7-5-12)18-15(20)8-9-16(21)23-11-10-22-2/h4-7H,3,8-11H2,1-2H3,(H,17,19)(H,18,20). The minimum atomic E-state index is -0.435. The largest absolute Gasteiger partial charge is 0.463 e. The van der Waals surface area contributed by atoms with Crippen LogP contribution in [0.1, 0.15) is 26.2 Å². The van der Waals surface area contributed by atoms with Crippen molar-refractivity contribution in [3.05, 3.63) is 24.3 Å². The Kier molecular flexibility index (Phi) is 8.38. The second-order valence-corrected chi connectivity index (χ2v) is 4.74. The van der Waals surface area contributed by atoms with Crippen LogP contribution in [0.4, 0.5) is 11.4 Å². The summed E-state index contributed by atoms with van der Waals surface area (Å²) in [5.41, 5.74) is 1.26. The van der Waals surface area contributed by atoms with E-state index in [-0.39, 0.29) is 31.3 Å². The van der Waals surface area contributed by atoms with Gasteiger partial charge in [0, 0.05) is 31.3 Å². The lowest BCUT2D eigenvalue weighted by atomic mass is 10.2. The molecule has 7 heteroatoms. The lowest BCUT2D eigenvalue weighted by molar-refractivity contribution is -0.145. The van der Waals surface area contributed by atoms with Gasteiger partial charge in [-0.1, -0.05) is 6.92 Å². The molecule has 126 valence electrons. The Hall–Kier alpha value is -2.41. The van der Waals surface area contributed by atoms with Gasteiger partial charge in [0.2, 0.25) is 11.8 Å². The molecule has 0 aliphatic carbocycles. The van der Waals surface area contributed by atoms with Crippen LogP contribution in [0.15, 0.2) is 24.3 Å². The number of methoxy groups -OCH3 is 1. The summed E-state index contributed by atoms with van der Waals surface area (Å²) in [4.78, 5) is 34.3. The molecule has 0 saturated carbocycles. The Bertz CT molecular complexity index is 528. The van der Waals surface area contributed by atoms with Crippen molar-refractivity contribution in [1.29, 1.82) is 0 Å². The number of ether oxygens (including phenoxy) is 2. The smallest absolute Gasteiger partial charge is 0.306 e. The van der Waals surface area contributed by atoms with Crippen LogP contribution in [-0.4, -0.2) is 38.1 Å². The average Bonchev–Trinajstić information content (AvgIpc) is 2.55. The number of hydrogen-bond acceptors (Lipinski definition) is 5. The van der Waals surface area contributed by atoms with E-state index < -0.39 is 5.97 Å². The van der Waals surface area contributed by atoms with Crippen molar-refractivity contribution < 1.29 is 23.9 Å². The number of anilines is 2. The van der Waals surface area contributed by atoms with Gasteiger partial charge in [-0.3, -0.25) is 14.4 Å². The molecule has 0 fully saturated rings. The molecule has 0 aliphatic rings. The van der Waals surface area contributed by atoms with Crippen LogP contribution in [0.3, 0.4) is 0 Å². The Morgan fingerprint density at radius 1 is 0.913 bits per heavy atom. The molecule has 1 aromatic rings. The van der Waals surface area contributed by atoms with Crippen LogP contribution >= 0.6 is 0 Å². The molecule has 0 saturated heterocycles. The molecule has 23 heavy (non-hydrogen) atoms. The fourth-order valence-corrected chi connectivity index (χ4v) is 1.64. The van der Waals surface area contributed by atoms with Crippen molar-refractivity contribution in [2.75, 3.05) is 31.0 Å². The maximum Gasteiger partial charge on any atom is 0.306 e. The van der Waals surface area contributed by atoms with E-state index in [2.05, 4.69) is 10.6 Å². The normalized spacial score (nSPS) is 10.0. The van der Waals surface area contributed by atoms with Crippen molar-refractivity contribution in [1.82, 2.24) is 0 Å². The van der Waals surface area contributed by atoms with Crippen molar-refractivity contribution in [3.63, 3.8) is 0 Å². The Morgan fingerprint density at radius 3 is 2.00 bits per heavy atom. The first-order chi connectivity index (χ1) is 11.0. The van der Waals surface area contributed by atoms with Crippen molar-refractivity contribution in [2.45, 2.75) is 26.2 Å². The van der Waals surface area contributed by atoms with Crippen LogP contribution in [-0.2, 0) is 23.9 Å². The highest BCUT2D eigenvalue weighted by atomic mass is 16.6. The fourth-order valence-electron chi connectivity index (χ4n) is 1.64. The fraction of sp³-hybridized carbons (Fsp3) is 0.438. The molecular weight excluding hydrogens is 300 g/mol. The van der Waals surface area contributed by atoms with Crippen LogP contribution in [0.2, 0.25) is 0 Å². The van der Waals surface area contributed by atoms with Gasteiger partial charge < -0.3 is 20.1 Å². The summed E-state index contributed by atoms with van der Waals surface area (Å²) in [5, 5.41) is 5.39. The number of benzene rings is 1. The molecule has 1 aromatic carbocycles. The number of carbonyl (C=O) groups is 3. The molecule has 1 rings (SSSR count). The van der Waals surface area contributed by atoms with Gasteiger partial charge in [0.1, 0.15) is 6.61 Å². The first-order valence-electron chi connectivity index (χ1n) is 7.39. The zero-order valence-electron chi connectivity index (χ0n) is 13.4. The topological polar surface area (TPSA) is 93.7 Å². The van der Waals surface area contributed by atoms with E-state index in [1.807, 2.05) is 0 Å². The van der Waals surface area contributed by atoms with Gasteiger partial charge >= 0.3 is 5.97 Å². The van der Waals surface area contributed by atoms with E-state index >= 15 is 0 Å². The third-order valence-corrected chi connectivity index (χ3v) is 2.88. The van der Waals surface area contributed by atoms with Crippen molar-refractivity contribution >= 4 is 29.2 Å². The van der Waals surface area contributed by atoms with Crippen LogP contribution < -0.4 is 10.6 Å². The van der Waals surface area contributed by atoms with E-state index in [0.29, 0.717) is 24.4 Å². The van der Waals surface area contributed by atoms with Gasteiger partial charge in [-0.2, -0.15) is 0 Å². The maximum atomic E-state index is 11.7. The summed E-state index contributed by atoms with van der Waals surface area (Å²) in [6.45, 7) is 2.28. The van der Waals surface area contributed by atoms with E-state index in [1.54, 1.807) is 31.2 Å². The molecule has 0 aliphatic heterocycles. The quantitative estimate of drug-likeness (QED) is 0.535. The summed E-state index contributed by atoms with van der Waals surface area (Å²) in [6, 6.07) is 6.75. The van der Waals surface area contributed by atoms with E-state index in [0.717, 1.165) is 0 Å². The number of amides is 2. The van der Waals surface area contributed by atoms with Crippen molar-refractivity contribution in [3.8, 4) is 0 Å². The molecule has 0 heterocycles. The molecule has 2 amide bonds. The molecule has 0 radical (unpaired) electrons. The van der Waals surface area contributed by atoms with Crippen molar-refractivity contribution in [2.24, 2.45) is 0 Å². The molecule has 0 atom stereocenters. The molecule has 7 nitrogen and oxygen atoms in total.